The molecule has 0 aromatic heterocycles. The molecule has 674 valence electrons. The van der Waals surface area contributed by atoms with Crippen LogP contribution in [0.2, 0.25) is 0 Å². The molecule has 4 N–H and O–H groups in total. The smallest absolute Gasteiger partial charge is 0.322 e. The Hall–Kier alpha value is -4.35. The minimum atomic E-state index is -3.74. The number of unbranched alkanes of at least 4 members (excludes halogenated alkanes) is 36. The van der Waals surface area contributed by atoms with Gasteiger partial charge in [0.15, 0.2) is 0 Å². The maximum atomic E-state index is 12.8. The first-order chi connectivity index (χ1) is 55.9. The summed E-state index contributed by atoms with van der Waals surface area (Å²) in [5.41, 5.74) is 4.55. The van der Waals surface area contributed by atoms with Gasteiger partial charge in [0, 0.05) is 65.1 Å². The van der Waals surface area contributed by atoms with Gasteiger partial charge in [-0.25, -0.2) is 33.7 Å². The van der Waals surface area contributed by atoms with E-state index >= 15 is 0 Å². The molecule has 4 aliphatic rings. The van der Waals surface area contributed by atoms with E-state index in [1.807, 2.05) is 48.5 Å². The zero-order chi connectivity index (χ0) is 84.5. The molecule has 0 bridgehead atoms. The number of hydrogen-bond acceptors (Lipinski definition) is 12. The molecule has 26 heteroatoms. The molecule has 0 aliphatic carbocycles. The molecule has 4 saturated heterocycles. The molecule has 0 spiro atoms. The van der Waals surface area contributed by atoms with Gasteiger partial charge in [0.05, 0.1) is 19.6 Å². The largest absolute Gasteiger partial charge is 0.480 e. The third-order valence-electron chi connectivity index (χ3n) is 23.4. The first-order valence-corrected chi connectivity index (χ1v) is 51.0. The summed E-state index contributed by atoms with van der Waals surface area (Å²) in [5.74, 6) is -4.26. The molecule has 0 unspecified atom stereocenters. The first kappa shape index (κ1) is 108. The Labute approximate surface area is 738 Å². The van der Waals surface area contributed by atoms with E-state index in [4.69, 9.17) is 0 Å². The number of hydrogen-bond donors (Lipinski definition) is 4. The van der Waals surface area contributed by atoms with Crippen molar-refractivity contribution in [2.75, 3.05) is 26.2 Å². The minimum absolute atomic E-state index is 0. The van der Waals surface area contributed by atoms with Gasteiger partial charge < -0.3 is 20.4 Å². The number of sulfonamides is 4. The molecule has 0 amide bonds. The predicted octanol–water partition coefficient (Wildman–Crippen LogP) is 21.5. The van der Waals surface area contributed by atoms with Crippen molar-refractivity contribution in [3.63, 3.8) is 0 Å². The third kappa shape index (κ3) is 38.8. The van der Waals surface area contributed by atoms with Crippen molar-refractivity contribution in [1.82, 2.24) is 17.2 Å². The van der Waals surface area contributed by atoms with Crippen molar-refractivity contribution in [3.8, 4) is 0 Å². The van der Waals surface area contributed by atoms with E-state index in [9.17, 15) is 73.3 Å². The average molecular weight is 1900 g/mol. The van der Waals surface area contributed by atoms with E-state index in [0.29, 0.717) is 51.4 Å². The van der Waals surface area contributed by atoms with Gasteiger partial charge in [-0.1, -0.05) is 307 Å². The molecule has 4 heterocycles. The predicted molar refractivity (Wildman–Crippen MR) is 466 cm³/mol. The van der Waals surface area contributed by atoms with Gasteiger partial charge in [-0.05, 0) is 174 Å². The van der Waals surface area contributed by atoms with Crippen LogP contribution in [0.5, 0.6) is 0 Å². The van der Waals surface area contributed by atoms with Gasteiger partial charge in [0.25, 0.3) is 0 Å². The molecule has 4 aromatic rings. The van der Waals surface area contributed by atoms with Crippen LogP contribution in [-0.4, -0.2) is 146 Å². The van der Waals surface area contributed by atoms with E-state index in [-0.39, 0.29) is 84.7 Å². The summed E-state index contributed by atoms with van der Waals surface area (Å²) in [4.78, 5) is 46.0. The van der Waals surface area contributed by atoms with Gasteiger partial charge >= 0.3 is 23.9 Å². The molecule has 8 rings (SSSR count). The second-order valence-corrected chi connectivity index (χ2v) is 40.3. The summed E-state index contributed by atoms with van der Waals surface area (Å²) in [6.45, 7) is 10.1. The molecule has 4 aliphatic heterocycles. The molecule has 4 atom stereocenters. The number of aliphatic carboxylic acids is 4. The topological polar surface area (TPSA) is 299 Å². The van der Waals surface area contributed by atoms with E-state index in [0.717, 1.165) is 90.8 Å². The van der Waals surface area contributed by atoms with Crippen LogP contribution in [0, 0.1) is 0 Å². The van der Waals surface area contributed by atoms with Gasteiger partial charge in [-0.3, -0.25) is 19.2 Å². The number of benzene rings is 4. The Balaban J connectivity index is 0.000000404. The van der Waals surface area contributed by atoms with E-state index in [1.165, 1.54) is 231 Å². The monoisotopic (exact) mass is 1900 g/mol. The fourth-order valence-corrected chi connectivity index (χ4v) is 22.8. The van der Waals surface area contributed by atoms with Gasteiger partial charge in [-0.2, -0.15) is 17.2 Å². The van der Waals surface area contributed by atoms with E-state index in [2.05, 4.69) is 27.7 Å². The van der Waals surface area contributed by atoms with Crippen molar-refractivity contribution in [2.24, 2.45) is 0 Å². The number of carboxylic acids is 4. The van der Waals surface area contributed by atoms with Crippen LogP contribution in [0.1, 0.15) is 358 Å². The number of carboxylic acid groups (broad SMARTS) is 4. The maximum Gasteiger partial charge on any atom is 0.322 e. The second kappa shape index (κ2) is 61.1. The van der Waals surface area contributed by atoms with Crippen molar-refractivity contribution in [3.05, 3.63) is 119 Å². The van der Waals surface area contributed by atoms with E-state index < -0.39 is 88.1 Å². The fraction of sp³-hybridized carbons (Fsp3) is 0.696. The van der Waals surface area contributed by atoms with Crippen LogP contribution in [0.25, 0.3) is 0 Å². The molecular weight excluding hydrogens is 1750 g/mol. The second-order valence-electron chi connectivity index (χ2n) is 32.8. The number of aryl methyl sites for hydroxylation is 4. The van der Waals surface area contributed by atoms with Gasteiger partial charge in [-0.15, -0.1) is 0 Å². The molecular formula is C92H148N4O16Rh2S4. The fourth-order valence-electron chi connectivity index (χ4n) is 16.2. The normalized spacial score (nSPS) is 17.3. The summed E-state index contributed by atoms with van der Waals surface area (Å²) >= 11 is 0. The Morgan fingerprint density at radius 1 is 0.246 bits per heavy atom. The van der Waals surface area contributed by atoms with E-state index in [1.54, 1.807) is 48.5 Å². The van der Waals surface area contributed by atoms with Crippen LogP contribution in [0.4, 0.5) is 0 Å². The molecule has 0 saturated carbocycles. The van der Waals surface area contributed by atoms with Crippen molar-refractivity contribution in [2.45, 2.75) is 405 Å². The SMILES string of the molecule is CCCCCCCCCCCCc1ccc(S(=O)(=O)N2CCC[C@H]2C(=O)O)cc1.CCCCCCCCCCCCc1ccc(S(=O)(=O)N2CCC[C@H]2C(=O)O)cc1.CCCCCCCCCCCCc1ccc(S(=O)(=O)N2CCC[C@H]2C(=O)O)cc1.CCCCCCCCCCCCc1ccc(S(=O)(=O)N2CCC[C@H]2C(=O)O)cc1.[Rh].[Rh]. The Morgan fingerprint density at radius 2 is 0.381 bits per heavy atom. The number of carbonyl (C=O) groups is 4. The van der Waals surface area contributed by atoms with Crippen molar-refractivity contribution in [1.29, 1.82) is 0 Å². The van der Waals surface area contributed by atoms with Crippen LogP contribution < -0.4 is 0 Å². The van der Waals surface area contributed by atoms with Crippen LogP contribution in [-0.2, 0) is 124 Å². The zero-order valence-corrected chi connectivity index (χ0v) is 78.5. The summed E-state index contributed by atoms with van der Waals surface area (Å²) < 4.78 is 107. The Kier molecular flexibility index (Phi) is 55.8. The van der Waals surface area contributed by atoms with Crippen LogP contribution in [0.3, 0.4) is 0 Å². The zero-order valence-electron chi connectivity index (χ0n) is 71.9. The summed E-state index contributed by atoms with van der Waals surface area (Å²) in [5, 5.41) is 37.0. The number of nitrogens with zero attached hydrogens (tertiary/aromatic N) is 4. The molecule has 4 aromatic carbocycles. The van der Waals surface area contributed by atoms with Gasteiger partial charge in [0.2, 0.25) is 40.1 Å². The summed E-state index contributed by atoms with van der Waals surface area (Å²) in [6.07, 6.45) is 59.7. The third-order valence-corrected chi connectivity index (χ3v) is 31.0. The molecule has 2 radical (unpaired) electrons. The Morgan fingerprint density at radius 3 is 0.517 bits per heavy atom. The number of rotatable bonds is 56. The van der Waals surface area contributed by atoms with Crippen molar-refractivity contribution >= 4 is 64.0 Å². The minimum Gasteiger partial charge on any atom is -0.480 e. The molecule has 118 heavy (non-hydrogen) atoms. The van der Waals surface area contributed by atoms with Crippen LogP contribution in [0.15, 0.2) is 117 Å². The van der Waals surface area contributed by atoms with Crippen molar-refractivity contribution < 1.29 is 112 Å². The average Bonchev–Trinajstić information content (AvgIpc) is 1.57. The molecule has 20 nitrogen and oxygen atoms in total. The quantitative estimate of drug-likeness (QED) is 0.0236. The first-order valence-electron chi connectivity index (χ1n) is 45.2. The molecule has 4 fully saturated rings. The standard InChI is InChI=1S/4C23H37NO4S.2Rh/c4*1-2-3-4-5-6-7-8-9-10-11-13-20-15-17-21(18-16-20)29(27,28)24-19-12-14-22(24)23(25)26;;/h4*15-18,22H,2-14,19H2,1H3,(H,25,26);;/t4*22-;;/m0000../s1. The van der Waals surface area contributed by atoms with Crippen LogP contribution >= 0.6 is 0 Å². The summed E-state index contributed by atoms with van der Waals surface area (Å²) in [6, 6.07) is 24.2. The summed E-state index contributed by atoms with van der Waals surface area (Å²) in [7, 11) is -15.0. The van der Waals surface area contributed by atoms with Gasteiger partial charge in [0.1, 0.15) is 24.2 Å². The maximum absolute atomic E-state index is 12.8. The Bertz CT molecular complexity index is 3380.